The summed E-state index contributed by atoms with van der Waals surface area (Å²) in [6.07, 6.45) is 0.580. The van der Waals surface area contributed by atoms with Crippen LogP contribution in [0.2, 0.25) is 0 Å². The van der Waals surface area contributed by atoms with E-state index >= 15 is 0 Å². The number of hydrogen-bond donors (Lipinski definition) is 1. The molecule has 0 aliphatic heterocycles. The molecule has 6 heteroatoms. The SMILES string of the molecule is CCC[C@H](NC(=O)[C@@H](C)OC(=O)c1ccc(OC)cc1F)c1ccccc1. The molecule has 5 nitrogen and oxygen atoms in total. The Balaban J connectivity index is 2.02. The van der Waals surface area contributed by atoms with Gasteiger partial charge in [0.05, 0.1) is 18.7 Å². The second kappa shape index (κ2) is 9.71. The van der Waals surface area contributed by atoms with Crippen molar-refractivity contribution in [1.82, 2.24) is 5.32 Å². The molecule has 1 amide bonds. The first-order valence-corrected chi connectivity index (χ1v) is 8.86. The maximum atomic E-state index is 14.0. The highest BCUT2D eigenvalue weighted by atomic mass is 19.1. The number of hydrogen-bond acceptors (Lipinski definition) is 4. The second-order valence-corrected chi connectivity index (χ2v) is 6.15. The van der Waals surface area contributed by atoms with E-state index in [0.717, 1.165) is 24.5 Å². The first kappa shape index (κ1) is 20.4. The van der Waals surface area contributed by atoms with Gasteiger partial charge in [0.1, 0.15) is 11.6 Å². The van der Waals surface area contributed by atoms with Crippen molar-refractivity contribution >= 4 is 11.9 Å². The van der Waals surface area contributed by atoms with E-state index in [1.54, 1.807) is 0 Å². The molecule has 0 bridgehead atoms. The number of nitrogens with one attached hydrogen (secondary N) is 1. The Morgan fingerprint density at radius 3 is 2.44 bits per heavy atom. The second-order valence-electron chi connectivity index (χ2n) is 6.15. The maximum absolute atomic E-state index is 14.0. The van der Waals surface area contributed by atoms with E-state index in [9.17, 15) is 14.0 Å². The van der Waals surface area contributed by atoms with Crippen LogP contribution in [-0.2, 0) is 9.53 Å². The van der Waals surface area contributed by atoms with Gasteiger partial charge in [0.15, 0.2) is 6.10 Å². The molecule has 0 aliphatic carbocycles. The molecule has 0 fully saturated rings. The van der Waals surface area contributed by atoms with Crippen molar-refractivity contribution in [2.24, 2.45) is 0 Å². The number of carbonyl (C=O) groups is 2. The van der Waals surface area contributed by atoms with E-state index < -0.39 is 23.8 Å². The number of ether oxygens (including phenoxy) is 2. The summed E-state index contributed by atoms with van der Waals surface area (Å²) in [4.78, 5) is 24.6. The Morgan fingerprint density at radius 2 is 1.85 bits per heavy atom. The lowest BCUT2D eigenvalue weighted by Crippen LogP contribution is -2.38. The molecule has 0 saturated carbocycles. The molecule has 0 heterocycles. The van der Waals surface area contributed by atoms with Crippen LogP contribution in [0.3, 0.4) is 0 Å². The highest BCUT2D eigenvalue weighted by Gasteiger charge is 2.23. The molecule has 0 unspecified atom stereocenters. The molecule has 0 aromatic heterocycles. The van der Waals surface area contributed by atoms with Crippen molar-refractivity contribution in [3.63, 3.8) is 0 Å². The van der Waals surface area contributed by atoms with Crippen LogP contribution in [0.25, 0.3) is 0 Å². The molecular formula is C21H24FNO4. The van der Waals surface area contributed by atoms with Crippen LogP contribution in [0.5, 0.6) is 5.75 Å². The highest BCUT2D eigenvalue weighted by Crippen LogP contribution is 2.20. The fourth-order valence-corrected chi connectivity index (χ4v) is 2.65. The van der Waals surface area contributed by atoms with Crippen molar-refractivity contribution < 1.29 is 23.5 Å². The first-order chi connectivity index (χ1) is 13.0. The molecular weight excluding hydrogens is 349 g/mol. The van der Waals surface area contributed by atoms with Gasteiger partial charge >= 0.3 is 5.97 Å². The number of amides is 1. The van der Waals surface area contributed by atoms with Gasteiger partial charge in [-0.15, -0.1) is 0 Å². The average molecular weight is 373 g/mol. The van der Waals surface area contributed by atoms with E-state index in [2.05, 4.69) is 5.32 Å². The van der Waals surface area contributed by atoms with Crippen molar-refractivity contribution in [3.8, 4) is 5.75 Å². The number of carbonyl (C=O) groups excluding carboxylic acids is 2. The summed E-state index contributed by atoms with van der Waals surface area (Å²) in [6, 6.07) is 13.2. The molecule has 0 radical (unpaired) electrons. The third kappa shape index (κ3) is 5.54. The number of esters is 1. The Labute approximate surface area is 158 Å². The minimum Gasteiger partial charge on any atom is -0.497 e. The number of rotatable bonds is 8. The van der Waals surface area contributed by atoms with E-state index in [1.165, 1.54) is 26.2 Å². The van der Waals surface area contributed by atoms with E-state index in [4.69, 9.17) is 9.47 Å². The first-order valence-electron chi connectivity index (χ1n) is 8.86. The highest BCUT2D eigenvalue weighted by molar-refractivity contribution is 5.92. The van der Waals surface area contributed by atoms with Crippen molar-refractivity contribution in [2.75, 3.05) is 7.11 Å². The van der Waals surface area contributed by atoms with Gasteiger partial charge in [0.2, 0.25) is 0 Å². The van der Waals surface area contributed by atoms with Crippen molar-refractivity contribution in [3.05, 3.63) is 65.5 Å². The summed E-state index contributed by atoms with van der Waals surface area (Å²) in [7, 11) is 1.40. The van der Waals surface area contributed by atoms with Crippen LogP contribution in [0, 0.1) is 5.82 Å². The molecule has 1 N–H and O–H groups in total. The standard InChI is InChI=1S/C21H24FNO4/c1-4-8-19(15-9-6-5-7-10-15)23-20(24)14(2)27-21(25)17-12-11-16(26-3)13-18(17)22/h5-7,9-14,19H,4,8H2,1-3H3,(H,23,24)/t14-,19+/m1/s1. The molecule has 0 saturated heterocycles. The Kier molecular flexibility index (Phi) is 7.34. The zero-order valence-electron chi connectivity index (χ0n) is 15.7. The molecule has 2 aromatic rings. The van der Waals surface area contributed by atoms with Crippen molar-refractivity contribution in [2.45, 2.75) is 38.8 Å². The molecule has 2 rings (SSSR count). The summed E-state index contributed by atoms with van der Waals surface area (Å²) in [5.41, 5.74) is 0.732. The lowest BCUT2D eigenvalue weighted by molar-refractivity contribution is -0.130. The van der Waals surface area contributed by atoms with Crippen LogP contribution >= 0.6 is 0 Å². The van der Waals surface area contributed by atoms with Gasteiger partial charge in [-0.3, -0.25) is 4.79 Å². The molecule has 0 spiro atoms. The van der Waals surface area contributed by atoms with Gasteiger partial charge in [-0.1, -0.05) is 43.7 Å². The van der Waals surface area contributed by atoms with Gasteiger partial charge in [0.25, 0.3) is 5.91 Å². The number of benzene rings is 2. The van der Waals surface area contributed by atoms with Crippen LogP contribution in [0.1, 0.15) is 48.7 Å². The summed E-state index contributed by atoms with van der Waals surface area (Å²) in [6.45, 7) is 3.49. The molecule has 0 aliphatic rings. The zero-order chi connectivity index (χ0) is 19.8. The predicted molar refractivity (Wildman–Crippen MR) is 100 cm³/mol. The predicted octanol–water partition coefficient (Wildman–Crippen LogP) is 4.04. The lowest BCUT2D eigenvalue weighted by Gasteiger charge is -2.21. The molecule has 2 atom stereocenters. The topological polar surface area (TPSA) is 64.6 Å². The van der Waals surface area contributed by atoms with Crippen LogP contribution in [-0.4, -0.2) is 25.1 Å². The minimum atomic E-state index is -1.05. The van der Waals surface area contributed by atoms with E-state index in [0.29, 0.717) is 5.75 Å². The van der Waals surface area contributed by atoms with Crippen molar-refractivity contribution in [1.29, 1.82) is 0 Å². The third-order valence-electron chi connectivity index (χ3n) is 4.14. The van der Waals surface area contributed by atoms with E-state index in [1.807, 2.05) is 37.3 Å². The van der Waals surface area contributed by atoms with Crippen LogP contribution in [0.4, 0.5) is 4.39 Å². The fraction of sp³-hybridized carbons (Fsp3) is 0.333. The zero-order valence-corrected chi connectivity index (χ0v) is 15.7. The van der Waals surface area contributed by atoms with Gasteiger partial charge < -0.3 is 14.8 Å². The minimum absolute atomic E-state index is 0.178. The molecule has 27 heavy (non-hydrogen) atoms. The van der Waals surface area contributed by atoms with E-state index in [-0.39, 0.29) is 11.6 Å². The van der Waals surface area contributed by atoms with Gasteiger partial charge in [-0.25, -0.2) is 9.18 Å². The Hall–Kier alpha value is -2.89. The lowest BCUT2D eigenvalue weighted by atomic mass is 10.0. The monoisotopic (exact) mass is 373 g/mol. The fourth-order valence-electron chi connectivity index (χ4n) is 2.65. The Morgan fingerprint density at radius 1 is 1.15 bits per heavy atom. The number of methoxy groups -OCH3 is 1. The number of halogens is 1. The maximum Gasteiger partial charge on any atom is 0.341 e. The van der Waals surface area contributed by atoms with Gasteiger partial charge in [-0.05, 0) is 31.0 Å². The van der Waals surface area contributed by atoms with Crippen LogP contribution in [0.15, 0.2) is 48.5 Å². The van der Waals surface area contributed by atoms with Gasteiger partial charge in [0, 0.05) is 6.07 Å². The summed E-state index contributed by atoms with van der Waals surface area (Å²) < 4.78 is 24.0. The average Bonchev–Trinajstić information content (AvgIpc) is 2.67. The largest absolute Gasteiger partial charge is 0.497 e. The molecule has 2 aromatic carbocycles. The quantitative estimate of drug-likeness (QED) is 0.710. The third-order valence-corrected chi connectivity index (χ3v) is 4.14. The summed E-state index contributed by atoms with van der Waals surface area (Å²) in [5.74, 6) is -1.80. The van der Waals surface area contributed by atoms with Gasteiger partial charge in [-0.2, -0.15) is 0 Å². The summed E-state index contributed by atoms with van der Waals surface area (Å²) in [5, 5.41) is 2.89. The summed E-state index contributed by atoms with van der Waals surface area (Å²) >= 11 is 0. The molecule has 144 valence electrons. The normalized spacial score (nSPS) is 12.7. The smallest absolute Gasteiger partial charge is 0.341 e. The van der Waals surface area contributed by atoms with Crippen LogP contribution < -0.4 is 10.1 Å². The Bertz CT molecular complexity index is 779.